The third-order valence-corrected chi connectivity index (χ3v) is 18.2. The Morgan fingerprint density at radius 1 is 0.707 bits per heavy atom. The topological polar surface area (TPSA) is 165 Å². The molecule has 0 radical (unpaired) electrons. The summed E-state index contributed by atoms with van der Waals surface area (Å²) in [4.78, 5) is 21.6. The maximum absolute atomic E-state index is 11.4. The summed E-state index contributed by atoms with van der Waals surface area (Å²) < 4.78 is 34.2. The van der Waals surface area contributed by atoms with Crippen molar-refractivity contribution in [2.45, 2.75) is 115 Å². The summed E-state index contributed by atoms with van der Waals surface area (Å²) in [5.41, 5.74) is 10.4. The van der Waals surface area contributed by atoms with Gasteiger partial charge in [0, 0.05) is 19.0 Å². The van der Waals surface area contributed by atoms with E-state index in [0.717, 1.165) is 49.7 Å². The Morgan fingerprint density at radius 3 is 1.50 bits per heavy atom. The molecule has 3 aromatic rings. The molecule has 0 heterocycles. The summed E-state index contributed by atoms with van der Waals surface area (Å²) in [5.74, 6) is 1.91. The van der Waals surface area contributed by atoms with Gasteiger partial charge in [0.2, 0.25) is 0 Å². The predicted octanol–water partition coefficient (Wildman–Crippen LogP) is 11.3. The number of hydrogen-bond donors (Lipinski definition) is 2. The van der Waals surface area contributed by atoms with Crippen LogP contribution < -0.4 is 14.2 Å². The molecule has 2 N–H and O–H groups in total. The number of unbranched alkanes of at least 4 members (excludes halogenated alkanes) is 2. The van der Waals surface area contributed by atoms with Crippen molar-refractivity contribution >= 4 is 57.3 Å². The number of benzene rings is 3. The fraction of sp³-hybridized carbons (Fsp3) is 0.500. The summed E-state index contributed by atoms with van der Waals surface area (Å²) in [6.45, 7) is 8.69. The first-order chi connectivity index (χ1) is 27.4. The first-order valence-electron chi connectivity index (χ1n) is 19.5. The van der Waals surface area contributed by atoms with Crippen molar-refractivity contribution in [2.75, 3.05) is 14.1 Å². The zero-order chi connectivity index (χ0) is 43.0. The molecule has 318 valence electrons. The number of hydrazone groups is 2. The van der Waals surface area contributed by atoms with Gasteiger partial charge >= 0.3 is 7.60 Å². The van der Waals surface area contributed by atoms with E-state index in [2.05, 4.69) is 37.7 Å². The van der Waals surface area contributed by atoms with Gasteiger partial charge in [-0.05, 0) is 134 Å². The van der Waals surface area contributed by atoms with Crippen LogP contribution >= 0.6 is 21.3 Å². The maximum Gasteiger partial charge on any atom is 0.329 e. The van der Waals surface area contributed by atoms with E-state index < -0.39 is 37.7 Å². The lowest BCUT2D eigenvalue weighted by Gasteiger charge is -2.35. The average Bonchev–Trinajstić information content (AvgIpc) is 3.17. The third kappa shape index (κ3) is 15.7. The Labute approximate surface area is 356 Å². The van der Waals surface area contributed by atoms with E-state index in [1.54, 1.807) is 36.7 Å². The molecule has 0 fully saturated rings. The minimum Gasteiger partial charge on any atom is -0.481 e. The van der Waals surface area contributed by atoms with Crippen molar-refractivity contribution in [1.29, 1.82) is 0 Å². The van der Waals surface area contributed by atoms with E-state index in [-0.39, 0.29) is 6.16 Å². The minimum absolute atomic E-state index is 0.322. The van der Waals surface area contributed by atoms with E-state index in [9.17, 15) is 14.4 Å². The van der Waals surface area contributed by atoms with Gasteiger partial charge in [0.15, 0.2) is 5.72 Å². The Hall–Kier alpha value is -3.24. The number of rotatable bonds is 25. The quantitative estimate of drug-likeness (QED) is 0.0159. The van der Waals surface area contributed by atoms with E-state index in [4.69, 9.17) is 53.6 Å². The summed E-state index contributed by atoms with van der Waals surface area (Å²) in [6.07, 6.45) is 10.1. The molecule has 0 bridgehead atoms. The van der Waals surface area contributed by atoms with E-state index in [1.807, 2.05) is 86.0 Å². The molecule has 0 aliphatic carbocycles. The SMILES string of the molecule is CCCCCC(C)(N=[N+]=[N-])Oc1ccc(/C=N/N(C)[PH](=S)C(C)(CCC)Oc2ccc(/C=N/N(C)[PH](=S)C(C)(CCC)Oc3ccc(CP(=O)(O)O)cc3)cc2)cc1. The highest BCUT2D eigenvalue weighted by Gasteiger charge is 2.33. The normalized spacial score (nSPS) is 16.0. The monoisotopic (exact) mass is 891 g/mol. The van der Waals surface area contributed by atoms with Crippen LogP contribution in [0.3, 0.4) is 0 Å². The molecule has 58 heavy (non-hydrogen) atoms. The third-order valence-electron chi connectivity index (χ3n) is 9.30. The number of hydrogen-bond acceptors (Lipinski definition) is 9. The van der Waals surface area contributed by atoms with Crippen LogP contribution in [0.2, 0.25) is 0 Å². The molecule has 5 unspecified atom stereocenters. The van der Waals surface area contributed by atoms with Crippen molar-refractivity contribution in [1.82, 2.24) is 9.56 Å². The first-order valence-corrected chi connectivity index (χ1v) is 26.4. The Morgan fingerprint density at radius 2 is 1.12 bits per heavy atom. The standard InChI is InChI=1S/C40H60N7O6P3S2/c1-9-12-13-28-38(4,44-45-41)51-35-20-14-32(15-21-35)29-42-46(7)54(57)39(5,26-10-2)52-36-22-16-33(17-23-36)30-43-47(8)55(58)40(6,27-11-3)53-37-24-18-34(19-25-37)31-56(48,49)50/h14-25,29-30,54-55H,9-13,26-28,31H2,1-8H3,(H2,48,49,50)/b42-29+,43-30+. The molecule has 13 nitrogen and oxygen atoms in total. The lowest BCUT2D eigenvalue weighted by Crippen LogP contribution is -2.31. The summed E-state index contributed by atoms with van der Waals surface area (Å²) in [7, 11) is -0.410. The predicted molar refractivity (Wildman–Crippen MR) is 247 cm³/mol. The molecule has 18 heteroatoms. The Kier molecular flexibility index (Phi) is 19.4. The van der Waals surface area contributed by atoms with Crippen molar-refractivity contribution in [2.24, 2.45) is 15.3 Å². The van der Waals surface area contributed by atoms with E-state index in [1.165, 1.54) is 0 Å². The summed E-state index contributed by atoms with van der Waals surface area (Å²) in [6, 6.07) is 22.0. The zero-order valence-electron chi connectivity index (χ0n) is 34.9. The summed E-state index contributed by atoms with van der Waals surface area (Å²) in [5, 5.41) is 12.0. The van der Waals surface area contributed by atoms with Crippen molar-refractivity contribution in [3.8, 4) is 17.2 Å². The van der Waals surface area contributed by atoms with E-state index >= 15 is 0 Å². The van der Waals surface area contributed by atoms with Crippen molar-refractivity contribution in [3.63, 3.8) is 0 Å². The van der Waals surface area contributed by atoms with Crippen LogP contribution in [0.1, 0.15) is 110 Å². The molecular formula is C40H60N7O6P3S2. The molecule has 5 atom stereocenters. The van der Waals surface area contributed by atoms with Crippen LogP contribution in [0.5, 0.6) is 17.2 Å². The van der Waals surface area contributed by atoms with Gasteiger partial charge in [-0.25, -0.2) is 0 Å². The molecule has 0 amide bonds. The molecule has 3 rings (SSSR count). The smallest absolute Gasteiger partial charge is 0.329 e. The number of nitrogens with zero attached hydrogens (tertiary/aromatic N) is 7. The minimum atomic E-state index is -4.16. The van der Waals surface area contributed by atoms with Gasteiger partial charge in [0.25, 0.3) is 0 Å². The van der Waals surface area contributed by atoms with Gasteiger partial charge in [-0.3, -0.25) is 14.1 Å². The lowest BCUT2D eigenvalue weighted by molar-refractivity contribution is 0.0835. The highest BCUT2D eigenvalue weighted by Crippen LogP contribution is 2.48. The van der Waals surface area contributed by atoms with Gasteiger partial charge < -0.3 is 24.0 Å². The summed E-state index contributed by atoms with van der Waals surface area (Å²) >= 11 is 12.2. The van der Waals surface area contributed by atoms with Crippen LogP contribution in [0.25, 0.3) is 10.4 Å². The zero-order valence-corrected chi connectivity index (χ0v) is 39.4. The van der Waals surface area contributed by atoms with Gasteiger partial charge in [-0.2, -0.15) is 10.2 Å². The van der Waals surface area contributed by atoms with Crippen LogP contribution in [0.4, 0.5) is 0 Å². The Balaban J connectivity index is 1.65. The van der Waals surface area contributed by atoms with Crippen molar-refractivity contribution < 1.29 is 28.6 Å². The van der Waals surface area contributed by atoms with Gasteiger partial charge in [0.05, 0.1) is 32.3 Å². The maximum atomic E-state index is 11.4. The highest BCUT2D eigenvalue weighted by atomic mass is 32.4. The number of ether oxygens (including phenoxy) is 3. The van der Waals surface area contributed by atoms with E-state index in [0.29, 0.717) is 35.7 Å². The largest absolute Gasteiger partial charge is 0.481 e. The fourth-order valence-electron chi connectivity index (χ4n) is 6.29. The second-order valence-electron chi connectivity index (χ2n) is 14.8. The molecular weight excluding hydrogens is 832 g/mol. The second-order valence-corrected chi connectivity index (χ2v) is 23.4. The molecule has 0 saturated heterocycles. The lowest BCUT2D eigenvalue weighted by atomic mass is 10.1. The average molecular weight is 892 g/mol. The molecule has 3 aromatic carbocycles. The molecule has 0 saturated carbocycles. The van der Waals surface area contributed by atoms with Crippen LogP contribution in [-0.4, -0.2) is 62.3 Å². The fourth-order valence-corrected chi connectivity index (χ4v) is 11.2. The molecule has 0 spiro atoms. The second kappa shape index (κ2) is 22.9. The Bertz CT molecular complexity index is 1960. The van der Waals surface area contributed by atoms with Crippen LogP contribution in [0.15, 0.2) is 88.1 Å². The van der Waals surface area contributed by atoms with Crippen molar-refractivity contribution in [3.05, 3.63) is 99.9 Å². The molecule has 0 aliphatic rings. The number of azide groups is 1. The van der Waals surface area contributed by atoms with Crippen LogP contribution in [-0.2, 0) is 34.3 Å². The highest BCUT2D eigenvalue weighted by molar-refractivity contribution is 8.04. The molecule has 0 aliphatic heterocycles. The van der Waals surface area contributed by atoms with Gasteiger partial charge in [-0.15, -0.1) is 0 Å². The molecule has 0 aromatic heterocycles. The van der Waals surface area contributed by atoms with Crippen LogP contribution in [0, 0.1) is 0 Å². The van der Waals surface area contributed by atoms with Gasteiger partial charge in [-0.1, -0.05) is 82.2 Å². The van der Waals surface area contributed by atoms with Gasteiger partial charge in [0.1, 0.15) is 27.9 Å². The first kappa shape index (κ1) is 49.1.